The summed E-state index contributed by atoms with van der Waals surface area (Å²) in [7, 11) is 1.50. The molecule has 3 N–H and O–H groups in total. The van der Waals surface area contributed by atoms with Crippen molar-refractivity contribution in [2.45, 2.75) is 31.5 Å². The van der Waals surface area contributed by atoms with Gasteiger partial charge in [-0.1, -0.05) is 30.3 Å². The zero-order valence-corrected chi connectivity index (χ0v) is 20.1. The first-order valence-corrected chi connectivity index (χ1v) is 11.5. The Kier molecular flexibility index (Phi) is 7.66. The molecule has 0 saturated heterocycles. The van der Waals surface area contributed by atoms with E-state index in [1.54, 1.807) is 42.5 Å². The van der Waals surface area contributed by atoms with Crippen LogP contribution < -0.4 is 25.4 Å². The molecule has 3 aromatic rings. The summed E-state index contributed by atoms with van der Waals surface area (Å²) in [6.45, 7) is 1.44. The van der Waals surface area contributed by atoms with Crippen LogP contribution in [0.2, 0.25) is 0 Å². The minimum atomic E-state index is -1.15. The third-order valence-electron chi connectivity index (χ3n) is 5.77. The van der Waals surface area contributed by atoms with Gasteiger partial charge in [0.2, 0.25) is 11.8 Å². The third-order valence-corrected chi connectivity index (χ3v) is 5.77. The number of methoxy groups -OCH3 is 1. The molecule has 10 heteroatoms. The summed E-state index contributed by atoms with van der Waals surface area (Å²) in [5.74, 6) is -2.50. The van der Waals surface area contributed by atoms with Gasteiger partial charge in [-0.15, -0.1) is 0 Å². The molecule has 37 heavy (non-hydrogen) atoms. The van der Waals surface area contributed by atoms with Crippen LogP contribution in [0.1, 0.15) is 24.2 Å². The van der Waals surface area contributed by atoms with Gasteiger partial charge in [0, 0.05) is 12.1 Å². The Bertz CT molecular complexity index is 1300. The van der Waals surface area contributed by atoms with Crippen LogP contribution in [0.25, 0.3) is 0 Å². The van der Waals surface area contributed by atoms with Gasteiger partial charge in [0.25, 0.3) is 5.91 Å². The first-order valence-electron chi connectivity index (χ1n) is 11.5. The lowest BCUT2D eigenvalue weighted by atomic mass is 10.0. The van der Waals surface area contributed by atoms with E-state index >= 15 is 0 Å². The second-order valence-electron chi connectivity index (χ2n) is 8.53. The van der Waals surface area contributed by atoms with E-state index in [2.05, 4.69) is 16.0 Å². The maximum atomic E-state index is 13.4. The predicted octanol–water partition coefficient (Wildman–Crippen LogP) is 3.28. The number of carbonyl (C=O) groups is 3. The number of anilines is 1. The molecule has 192 valence electrons. The Morgan fingerprint density at radius 2 is 1.76 bits per heavy atom. The van der Waals surface area contributed by atoms with Crippen molar-refractivity contribution in [3.63, 3.8) is 0 Å². The molecule has 1 heterocycles. The molecule has 0 fully saturated rings. The topological polar surface area (TPSA) is 106 Å². The summed E-state index contributed by atoms with van der Waals surface area (Å²) >= 11 is 0. The maximum absolute atomic E-state index is 13.4. The lowest BCUT2D eigenvalue weighted by molar-refractivity contribution is -0.131. The first kappa shape index (κ1) is 25.6. The lowest BCUT2D eigenvalue weighted by Gasteiger charge is -2.26. The highest BCUT2D eigenvalue weighted by molar-refractivity contribution is 6.00. The molecular weight excluding hydrogens is 484 g/mol. The van der Waals surface area contributed by atoms with Gasteiger partial charge in [0.1, 0.15) is 35.2 Å². The van der Waals surface area contributed by atoms with E-state index in [0.717, 1.165) is 12.1 Å². The quantitative estimate of drug-likeness (QED) is 0.454. The van der Waals surface area contributed by atoms with Gasteiger partial charge in [0.15, 0.2) is 6.10 Å². The van der Waals surface area contributed by atoms with Gasteiger partial charge in [-0.2, -0.15) is 0 Å². The van der Waals surface area contributed by atoms with Crippen LogP contribution in [0, 0.1) is 11.6 Å². The number of carbonyl (C=O) groups excluding carboxylic acids is 3. The fourth-order valence-electron chi connectivity index (χ4n) is 3.97. The number of amides is 3. The normalized spacial score (nSPS) is 17.4. The second-order valence-corrected chi connectivity index (χ2v) is 8.53. The van der Waals surface area contributed by atoms with Crippen molar-refractivity contribution in [3.05, 3.63) is 89.5 Å². The van der Waals surface area contributed by atoms with Gasteiger partial charge in [0.05, 0.1) is 19.2 Å². The monoisotopic (exact) mass is 509 g/mol. The van der Waals surface area contributed by atoms with Gasteiger partial charge in [-0.25, -0.2) is 8.78 Å². The third kappa shape index (κ3) is 6.21. The van der Waals surface area contributed by atoms with E-state index in [-0.39, 0.29) is 12.0 Å². The number of nitrogens with one attached hydrogen (secondary N) is 3. The van der Waals surface area contributed by atoms with Crippen LogP contribution in [-0.2, 0) is 20.8 Å². The summed E-state index contributed by atoms with van der Waals surface area (Å²) in [5, 5.41) is 7.91. The lowest BCUT2D eigenvalue weighted by Crippen LogP contribution is -2.54. The van der Waals surface area contributed by atoms with Crippen LogP contribution in [-0.4, -0.2) is 36.9 Å². The molecule has 0 bridgehead atoms. The summed E-state index contributed by atoms with van der Waals surface area (Å²) in [6, 6.07) is 14.5. The average Bonchev–Trinajstić information content (AvgIpc) is 2.99. The molecule has 8 nitrogen and oxygen atoms in total. The second kappa shape index (κ2) is 11.1. The maximum Gasteiger partial charge on any atom is 0.251 e. The Morgan fingerprint density at radius 3 is 2.43 bits per heavy atom. The van der Waals surface area contributed by atoms with Gasteiger partial charge in [-0.05, 0) is 42.3 Å². The molecular formula is C27H25F2N3O5. The molecule has 3 atom stereocenters. The van der Waals surface area contributed by atoms with E-state index < -0.39 is 47.5 Å². The zero-order valence-electron chi connectivity index (χ0n) is 20.1. The fraction of sp³-hybridized carbons (Fsp3) is 0.222. The van der Waals surface area contributed by atoms with E-state index in [4.69, 9.17) is 9.47 Å². The van der Waals surface area contributed by atoms with Gasteiger partial charge < -0.3 is 25.4 Å². The largest absolute Gasteiger partial charge is 0.497 e. The number of rotatable bonds is 7. The van der Waals surface area contributed by atoms with Crippen LogP contribution in [0.3, 0.4) is 0 Å². The number of hydrogen-bond acceptors (Lipinski definition) is 5. The highest BCUT2D eigenvalue weighted by Crippen LogP contribution is 2.37. The van der Waals surface area contributed by atoms with Crippen molar-refractivity contribution in [1.29, 1.82) is 0 Å². The zero-order chi connectivity index (χ0) is 26.5. The fourth-order valence-corrected chi connectivity index (χ4v) is 3.97. The molecule has 0 spiro atoms. The molecule has 0 unspecified atom stereocenters. The van der Waals surface area contributed by atoms with Crippen molar-refractivity contribution >= 4 is 23.4 Å². The Balaban J connectivity index is 1.51. The van der Waals surface area contributed by atoms with E-state index in [0.29, 0.717) is 28.8 Å². The van der Waals surface area contributed by atoms with Crippen molar-refractivity contribution < 1.29 is 32.6 Å². The molecule has 1 aliphatic heterocycles. The number of halogens is 2. The number of benzene rings is 3. The van der Waals surface area contributed by atoms with E-state index in [9.17, 15) is 23.2 Å². The molecule has 1 aliphatic rings. The summed E-state index contributed by atoms with van der Waals surface area (Å²) < 4.78 is 38.3. The van der Waals surface area contributed by atoms with Gasteiger partial charge in [-0.3, -0.25) is 14.4 Å². The van der Waals surface area contributed by atoms with Crippen LogP contribution in [0.5, 0.6) is 11.5 Å². The number of fused-ring (bicyclic) bond motifs is 1. The molecule has 0 saturated carbocycles. The van der Waals surface area contributed by atoms with Crippen molar-refractivity contribution in [2.24, 2.45) is 0 Å². The van der Waals surface area contributed by atoms with Crippen LogP contribution in [0.15, 0.2) is 66.7 Å². The molecule has 3 aromatic carbocycles. The SMILES string of the molecule is COc1ccc2c(c1)NC(=O)[C@@H](NC(=O)[C@H](C)NC(=O)Cc1cc(F)cc(F)c1)[C@@H](c1ccccc1)O2. The summed E-state index contributed by atoms with van der Waals surface area (Å²) in [4.78, 5) is 38.7. The molecule has 3 amide bonds. The number of hydrogen-bond donors (Lipinski definition) is 3. The molecule has 0 aliphatic carbocycles. The molecule has 0 aromatic heterocycles. The molecule has 0 radical (unpaired) electrons. The first-order chi connectivity index (χ1) is 17.7. The van der Waals surface area contributed by atoms with E-state index in [1.807, 2.05) is 6.07 Å². The minimum absolute atomic E-state index is 0.122. The predicted molar refractivity (Wildman–Crippen MR) is 131 cm³/mol. The van der Waals surface area contributed by atoms with Gasteiger partial charge >= 0.3 is 0 Å². The standard InChI is InChI=1S/C27H25F2N3O5/c1-15(30-23(33)12-16-10-18(28)13-19(29)11-16)26(34)32-24-25(17-6-4-3-5-7-17)37-22-9-8-20(36-2)14-21(22)31-27(24)35/h3-11,13-15,24-25H,12H2,1-2H3,(H,30,33)(H,31,35)(H,32,34)/t15-,24-,25+/m0/s1. The smallest absolute Gasteiger partial charge is 0.251 e. The Morgan fingerprint density at radius 1 is 1.05 bits per heavy atom. The molecule has 4 rings (SSSR count). The summed E-state index contributed by atoms with van der Waals surface area (Å²) in [6.07, 6.45) is -1.21. The Labute approximate surface area is 212 Å². The van der Waals surface area contributed by atoms with Crippen molar-refractivity contribution in [2.75, 3.05) is 12.4 Å². The Hall–Kier alpha value is -4.47. The number of ether oxygens (including phenoxy) is 2. The average molecular weight is 510 g/mol. The van der Waals surface area contributed by atoms with Crippen molar-refractivity contribution in [3.8, 4) is 11.5 Å². The van der Waals surface area contributed by atoms with Crippen LogP contribution in [0.4, 0.5) is 14.5 Å². The van der Waals surface area contributed by atoms with E-state index in [1.165, 1.54) is 14.0 Å². The van der Waals surface area contributed by atoms with Crippen molar-refractivity contribution in [1.82, 2.24) is 10.6 Å². The summed E-state index contributed by atoms with van der Waals surface area (Å²) in [5.41, 5.74) is 1.15. The highest BCUT2D eigenvalue weighted by atomic mass is 19.1. The van der Waals surface area contributed by atoms with Crippen LogP contribution >= 0.6 is 0 Å². The minimum Gasteiger partial charge on any atom is -0.497 e. The highest BCUT2D eigenvalue weighted by Gasteiger charge is 2.37.